The van der Waals surface area contributed by atoms with Crippen LogP contribution in [0.15, 0.2) is 22.9 Å². The van der Waals surface area contributed by atoms with E-state index in [9.17, 15) is 0 Å². The average Bonchev–Trinajstić information content (AvgIpc) is 2.11. The van der Waals surface area contributed by atoms with Gasteiger partial charge in [-0.2, -0.15) is 0 Å². The lowest BCUT2D eigenvalue weighted by Gasteiger charge is -2.47. The Morgan fingerprint density at radius 2 is 2.06 bits per heavy atom. The fraction of sp³-hybridized carbons (Fsp3) is 0.583. The smallest absolute Gasteiger partial charge is 0.138 e. The lowest BCUT2D eigenvalue weighted by atomic mass is 9.99. The van der Waals surface area contributed by atoms with Crippen LogP contribution >= 0.6 is 15.9 Å². The van der Waals surface area contributed by atoms with Gasteiger partial charge in [0.15, 0.2) is 0 Å². The molecule has 0 N–H and O–H groups in total. The molecule has 2 heterocycles. The van der Waals surface area contributed by atoms with Crippen molar-refractivity contribution in [2.75, 3.05) is 13.1 Å². The van der Waals surface area contributed by atoms with Crippen LogP contribution < -0.4 is 4.74 Å². The third-order valence-corrected chi connectivity index (χ3v) is 3.27. The zero-order chi connectivity index (χ0) is 11.8. The number of halogens is 1. The van der Waals surface area contributed by atoms with E-state index in [1.807, 2.05) is 12.1 Å². The van der Waals surface area contributed by atoms with Gasteiger partial charge in [-0.1, -0.05) is 0 Å². The quantitative estimate of drug-likeness (QED) is 0.781. The predicted molar refractivity (Wildman–Crippen MR) is 67.7 cm³/mol. The van der Waals surface area contributed by atoms with Gasteiger partial charge in [0.2, 0.25) is 0 Å². The summed E-state index contributed by atoms with van der Waals surface area (Å²) in [6.07, 6.45) is 2.06. The highest BCUT2D eigenvalue weighted by molar-refractivity contribution is 9.10. The SMILES string of the molecule is CC(C)(C)N1CC(Oc2ccc(Br)nc2)C1. The maximum atomic E-state index is 5.81. The molecule has 1 saturated heterocycles. The molecule has 0 bridgehead atoms. The number of pyridine rings is 1. The lowest BCUT2D eigenvalue weighted by Crippen LogP contribution is -2.60. The number of ether oxygens (including phenoxy) is 1. The fourth-order valence-electron chi connectivity index (χ4n) is 1.68. The molecule has 0 spiro atoms. The molecule has 1 fully saturated rings. The summed E-state index contributed by atoms with van der Waals surface area (Å²) in [5.41, 5.74) is 0.248. The zero-order valence-electron chi connectivity index (χ0n) is 9.90. The number of hydrogen-bond donors (Lipinski definition) is 0. The minimum Gasteiger partial charge on any atom is -0.486 e. The highest BCUT2D eigenvalue weighted by Gasteiger charge is 2.35. The van der Waals surface area contributed by atoms with Crippen LogP contribution in [0.3, 0.4) is 0 Å². The van der Waals surface area contributed by atoms with Gasteiger partial charge in [-0.15, -0.1) is 0 Å². The summed E-state index contributed by atoms with van der Waals surface area (Å²) >= 11 is 3.30. The van der Waals surface area contributed by atoms with Gasteiger partial charge < -0.3 is 4.74 Å². The van der Waals surface area contributed by atoms with Crippen LogP contribution in [0, 0.1) is 0 Å². The summed E-state index contributed by atoms with van der Waals surface area (Å²) in [6.45, 7) is 8.68. The first-order valence-corrected chi connectivity index (χ1v) is 6.28. The second-order valence-electron chi connectivity index (χ2n) is 5.13. The maximum Gasteiger partial charge on any atom is 0.138 e. The second-order valence-corrected chi connectivity index (χ2v) is 5.94. The summed E-state index contributed by atoms with van der Waals surface area (Å²) in [5, 5.41) is 0. The molecule has 0 saturated carbocycles. The molecule has 4 heteroatoms. The molecule has 1 aromatic rings. The summed E-state index contributed by atoms with van der Waals surface area (Å²) in [4.78, 5) is 6.54. The van der Waals surface area contributed by atoms with Crippen LogP contribution in [0.1, 0.15) is 20.8 Å². The first-order valence-electron chi connectivity index (χ1n) is 5.48. The Hall–Kier alpha value is -0.610. The van der Waals surface area contributed by atoms with Crippen molar-refractivity contribution in [2.24, 2.45) is 0 Å². The van der Waals surface area contributed by atoms with E-state index in [0.29, 0.717) is 6.10 Å². The summed E-state index contributed by atoms with van der Waals surface area (Å²) in [6, 6.07) is 3.84. The topological polar surface area (TPSA) is 25.4 Å². The third-order valence-electron chi connectivity index (χ3n) is 2.80. The molecule has 3 nitrogen and oxygen atoms in total. The molecular weight excluding hydrogens is 268 g/mol. The van der Waals surface area contributed by atoms with Crippen LogP contribution in [-0.4, -0.2) is 34.6 Å². The standard InChI is InChI=1S/C12H17BrN2O/c1-12(2,3)15-7-10(8-15)16-9-4-5-11(13)14-6-9/h4-6,10H,7-8H2,1-3H3. The minimum atomic E-state index is 0.248. The normalized spacial score (nSPS) is 18.2. The summed E-state index contributed by atoms with van der Waals surface area (Å²) in [5.74, 6) is 0.849. The van der Waals surface area contributed by atoms with E-state index in [2.05, 4.69) is 46.6 Å². The van der Waals surface area contributed by atoms with Gasteiger partial charge in [-0.25, -0.2) is 4.98 Å². The van der Waals surface area contributed by atoms with Crippen molar-refractivity contribution in [2.45, 2.75) is 32.4 Å². The molecule has 0 aliphatic carbocycles. The van der Waals surface area contributed by atoms with Gasteiger partial charge in [0.1, 0.15) is 16.5 Å². The third kappa shape index (κ3) is 2.74. The van der Waals surface area contributed by atoms with Crippen LogP contribution in [0.25, 0.3) is 0 Å². The van der Waals surface area contributed by atoms with Gasteiger partial charge in [-0.3, -0.25) is 4.90 Å². The predicted octanol–water partition coefficient (Wildman–Crippen LogP) is 2.71. The van der Waals surface area contributed by atoms with Gasteiger partial charge in [0, 0.05) is 18.6 Å². The van der Waals surface area contributed by atoms with Crippen molar-refractivity contribution < 1.29 is 4.74 Å². The van der Waals surface area contributed by atoms with Crippen molar-refractivity contribution in [1.29, 1.82) is 0 Å². The number of aromatic nitrogens is 1. The lowest BCUT2D eigenvalue weighted by molar-refractivity contribution is -0.0351. The molecular formula is C12H17BrN2O. The van der Waals surface area contributed by atoms with Crippen molar-refractivity contribution in [3.8, 4) is 5.75 Å². The van der Waals surface area contributed by atoms with Crippen LogP contribution in [0.4, 0.5) is 0 Å². The van der Waals surface area contributed by atoms with Crippen molar-refractivity contribution in [1.82, 2.24) is 9.88 Å². The van der Waals surface area contributed by atoms with E-state index < -0.39 is 0 Å². The average molecular weight is 285 g/mol. The van der Waals surface area contributed by atoms with Gasteiger partial charge >= 0.3 is 0 Å². The molecule has 0 atom stereocenters. The number of nitrogens with zero attached hydrogens (tertiary/aromatic N) is 2. The highest BCUT2D eigenvalue weighted by Crippen LogP contribution is 2.24. The molecule has 0 unspecified atom stereocenters. The molecule has 1 aliphatic rings. The Labute approximate surface area is 105 Å². The molecule has 0 aromatic carbocycles. The van der Waals surface area contributed by atoms with E-state index >= 15 is 0 Å². The van der Waals surface area contributed by atoms with Gasteiger partial charge in [-0.05, 0) is 48.8 Å². The van der Waals surface area contributed by atoms with E-state index in [0.717, 1.165) is 23.4 Å². The Kier molecular flexibility index (Phi) is 3.22. The van der Waals surface area contributed by atoms with Gasteiger partial charge in [0.05, 0.1) is 6.20 Å². The molecule has 88 valence electrons. The molecule has 1 aliphatic heterocycles. The highest BCUT2D eigenvalue weighted by atomic mass is 79.9. The monoisotopic (exact) mass is 284 g/mol. The summed E-state index contributed by atoms with van der Waals surface area (Å²) in [7, 11) is 0. The molecule has 1 aromatic heterocycles. The number of likely N-dealkylation sites (tertiary alicyclic amines) is 1. The van der Waals surface area contributed by atoms with Gasteiger partial charge in [0.25, 0.3) is 0 Å². The largest absolute Gasteiger partial charge is 0.486 e. The Morgan fingerprint density at radius 3 is 2.56 bits per heavy atom. The van der Waals surface area contributed by atoms with E-state index in [1.165, 1.54) is 0 Å². The van der Waals surface area contributed by atoms with Crippen molar-refractivity contribution >= 4 is 15.9 Å². The molecule has 0 amide bonds. The fourth-order valence-corrected chi connectivity index (χ4v) is 1.92. The number of hydrogen-bond acceptors (Lipinski definition) is 3. The first-order chi connectivity index (χ1) is 7.45. The Morgan fingerprint density at radius 1 is 1.38 bits per heavy atom. The molecule has 16 heavy (non-hydrogen) atoms. The van der Waals surface area contributed by atoms with E-state index in [1.54, 1.807) is 6.20 Å². The Bertz CT molecular complexity index is 352. The van der Waals surface area contributed by atoms with Crippen LogP contribution in [-0.2, 0) is 0 Å². The second kappa shape index (κ2) is 4.34. The van der Waals surface area contributed by atoms with Crippen molar-refractivity contribution in [3.63, 3.8) is 0 Å². The van der Waals surface area contributed by atoms with Crippen LogP contribution in [0.2, 0.25) is 0 Å². The molecule has 0 radical (unpaired) electrons. The first kappa shape index (κ1) is 11.9. The van der Waals surface area contributed by atoms with E-state index in [-0.39, 0.29) is 5.54 Å². The summed E-state index contributed by atoms with van der Waals surface area (Å²) < 4.78 is 6.64. The maximum absolute atomic E-state index is 5.81. The minimum absolute atomic E-state index is 0.248. The van der Waals surface area contributed by atoms with E-state index in [4.69, 9.17) is 4.74 Å². The van der Waals surface area contributed by atoms with Crippen molar-refractivity contribution in [3.05, 3.63) is 22.9 Å². The zero-order valence-corrected chi connectivity index (χ0v) is 11.5. The molecule has 2 rings (SSSR count). The Balaban J connectivity index is 1.84. The van der Waals surface area contributed by atoms with Crippen LogP contribution in [0.5, 0.6) is 5.75 Å². The number of rotatable bonds is 2.